The van der Waals surface area contributed by atoms with E-state index in [9.17, 15) is 4.79 Å². The Labute approximate surface area is 138 Å². The highest BCUT2D eigenvalue weighted by Crippen LogP contribution is 2.24. The summed E-state index contributed by atoms with van der Waals surface area (Å²) in [5.74, 6) is 0. The molecule has 0 aromatic carbocycles. The Kier molecular flexibility index (Phi) is 5.59. The second kappa shape index (κ2) is 7.27. The Hall–Kier alpha value is -1.66. The number of pyridine rings is 1. The van der Waals surface area contributed by atoms with Crippen LogP contribution in [0, 0.1) is 0 Å². The Morgan fingerprint density at radius 2 is 1.78 bits per heavy atom. The Morgan fingerprint density at radius 1 is 1.22 bits per heavy atom. The molecule has 6 nitrogen and oxygen atoms in total. The van der Waals surface area contributed by atoms with Crippen molar-refractivity contribution in [3.63, 3.8) is 0 Å². The molecule has 2 atom stereocenters. The average Bonchev–Trinajstić information content (AvgIpc) is 2.47. The maximum absolute atomic E-state index is 12.1. The summed E-state index contributed by atoms with van der Waals surface area (Å²) in [5.41, 5.74) is 6.92. The second-order valence-corrected chi connectivity index (χ2v) is 7.09. The molecule has 128 valence electrons. The molecular formula is C17H28N4O2. The van der Waals surface area contributed by atoms with Gasteiger partial charge in [-0.05, 0) is 45.4 Å². The molecule has 2 N–H and O–H groups in total. The second-order valence-electron chi connectivity index (χ2n) is 7.09. The normalized spacial score (nSPS) is 19.3. The van der Waals surface area contributed by atoms with Crippen molar-refractivity contribution in [1.29, 1.82) is 0 Å². The third kappa shape index (κ3) is 4.91. The zero-order chi connectivity index (χ0) is 17.0. The fourth-order valence-corrected chi connectivity index (χ4v) is 2.92. The Balaban J connectivity index is 1.98. The zero-order valence-corrected chi connectivity index (χ0v) is 14.5. The molecule has 1 fully saturated rings. The molecular weight excluding hydrogens is 292 g/mol. The highest BCUT2D eigenvalue weighted by Gasteiger charge is 2.30. The van der Waals surface area contributed by atoms with Crippen molar-refractivity contribution in [2.45, 2.75) is 45.4 Å². The molecule has 2 heterocycles. The zero-order valence-electron chi connectivity index (χ0n) is 14.5. The molecule has 6 heteroatoms. The van der Waals surface area contributed by atoms with Gasteiger partial charge in [0, 0.05) is 50.7 Å². The maximum atomic E-state index is 12.1. The van der Waals surface area contributed by atoms with E-state index in [-0.39, 0.29) is 18.2 Å². The molecule has 1 aromatic heterocycles. The summed E-state index contributed by atoms with van der Waals surface area (Å²) in [6.45, 7) is 10.6. The molecule has 0 bridgehead atoms. The minimum Gasteiger partial charge on any atom is -0.444 e. The number of rotatable bonds is 3. The lowest BCUT2D eigenvalue weighted by atomic mass is 9.99. The highest BCUT2D eigenvalue weighted by molar-refractivity contribution is 5.68. The van der Waals surface area contributed by atoms with Crippen molar-refractivity contribution in [1.82, 2.24) is 14.8 Å². The number of hydrogen-bond donors (Lipinski definition) is 1. The van der Waals surface area contributed by atoms with Crippen LogP contribution in [0.1, 0.15) is 39.3 Å². The predicted molar refractivity (Wildman–Crippen MR) is 90.0 cm³/mol. The first-order chi connectivity index (χ1) is 10.8. The molecule has 1 amide bonds. The fourth-order valence-electron chi connectivity index (χ4n) is 2.92. The van der Waals surface area contributed by atoms with Crippen LogP contribution in [0.5, 0.6) is 0 Å². The maximum Gasteiger partial charge on any atom is 0.410 e. The molecule has 1 aromatic rings. The molecule has 1 aliphatic heterocycles. The van der Waals surface area contributed by atoms with Gasteiger partial charge in [-0.1, -0.05) is 0 Å². The Morgan fingerprint density at radius 3 is 2.26 bits per heavy atom. The lowest BCUT2D eigenvalue weighted by Gasteiger charge is -2.41. The summed E-state index contributed by atoms with van der Waals surface area (Å²) in [7, 11) is 0. The number of ether oxygens (including phenoxy) is 1. The van der Waals surface area contributed by atoms with E-state index < -0.39 is 5.60 Å². The number of hydrogen-bond acceptors (Lipinski definition) is 5. The van der Waals surface area contributed by atoms with Crippen molar-refractivity contribution in [3.8, 4) is 0 Å². The summed E-state index contributed by atoms with van der Waals surface area (Å²) >= 11 is 0. The number of carbonyl (C=O) groups is 1. The molecule has 23 heavy (non-hydrogen) atoms. The Bertz CT molecular complexity index is 505. The fraction of sp³-hybridized carbons (Fsp3) is 0.647. The van der Waals surface area contributed by atoms with Crippen molar-refractivity contribution < 1.29 is 9.53 Å². The lowest BCUT2D eigenvalue weighted by Crippen LogP contribution is -2.53. The van der Waals surface area contributed by atoms with Crippen LogP contribution < -0.4 is 5.73 Å². The quantitative estimate of drug-likeness (QED) is 0.922. The van der Waals surface area contributed by atoms with Crippen LogP contribution in [0.2, 0.25) is 0 Å². The topological polar surface area (TPSA) is 71.7 Å². The molecule has 2 unspecified atom stereocenters. The smallest absolute Gasteiger partial charge is 0.410 e. The largest absolute Gasteiger partial charge is 0.444 e. The lowest BCUT2D eigenvalue weighted by molar-refractivity contribution is 0.00914. The number of nitrogens with zero attached hydrogens (tertiary/aromatic N) is 3. The van der Waals surface area contributed by atoms with E-state index in [2.05, 4.69) is 9.88 Å². The standard InChI is InChI=1S/C17H28N4O2/c1-13(18)15(14-5-7-19-8-6-14)20-9-11-21(12-10-20)16(22)23-17(2,3)4/h5-8,13,15H,9-12,18H2,1-4H3. The van der Waals surface area contributed by atoms with Crippen molar-refractivity contribution >= 4 is 6.09 Å². The van der Waals surface area contributed by atoms with Gasteiger partial charge in [-0.3, -0.25) is 9.88 Å². The van der Waals surface area contributed by atoms with Crippen LogP contribution >= 0.6 is 0 Å². The monoisotopic (exact) mass is 320 g/mol. The van der Waals surface area contributed by atoms with Gasteiger partial charge in [0.25, 0.3) is 0 Å². The summed E-state index contributed by atoms with van der Waals surface area (Å²) in [6, 6.07) is 4.16. The molecule has 1 saturated heterocycles. The van der Waals surface area contributed by atoms with Crippen molar-refractivity contribution in [3.05, 3.63) is 30.1 Å². The third-order valence-corrected chi connectivity index (χ3v) is 3.91. The molecule has 0 aliphatic carbocycles. The van der Waals surface area contributed by atoms with Crippen LogP contribution in [-0.4, -0.2) is 58.7 Å². The highest BCUT2D eigenvalue weighted by atomic mass is 16.6. The molecule has 0 saturated carbocycles. The molecule has 0 radical (unpaired) electrons. The van der Waals surface area contributed by atoms with Crippen LogP contribution in [0.4, 0.5) is 4.79 Å². The van der Waals surface area contributed by atoms with Crippen LogP contribution in [0.15, 0.2) is 24.5 Å². The van der Waals surface area contributed by atoms with Gasteiger partial charge in [-0.15, -0.1) is 0 Å². The van der Waals surface area contributed by atoms with Gasteiger partial charge in [-0.25, -0.2) is 4.79 Å². The van der Waals surface area contributed by atoms with Gasteiger partial charge in [0.15, 0.2) is 0 Å². The number of piperazine rings is 1. The summed E-state index contributed by atoms with van der Waals surface area (Å²) in [6.07, 6.45) is 3.35. The molecule has 1 aliphatic rings. The van der Waals surface area contributed by atoms with Gasteiger partial charge in [0.05, 0.1) is 0 Å². The van der Waals surface area contributed by atoms with Gasteiger partial charge in [0.1, 0.15) is 5.60 Å². The number of amides is 1. The average molecular weight is 320 g/mol. The van der Waals surface area contributed by atoms with Crippen molar-refractivity contribution in [2.75, 3.05) is 26.2 Å². The van der Waals surface area contributed by atoms with E-state index in [1.165, 1.54) is 5.56 Å². The molecule has 0 spiro atoms. The van der Waals surface area contributed by atoms with E-state index in [1.54, 1.807) is 17.3 Å². The van der Waals surface area contributed by atoms with Crippen LogP contribution in [0.3, 0.4) is 0 Å². The first-order valence-electron chi connectivity index (χ1n) is 8.15. The summed E-state index contributed by atoms with van der Waals surface area (Å²) in [5, 5.41) is 0. The number of carbonyl (C=O) groups excluding carboxylic acids is 1. The van der Waals surface area contributed by atoms with E-state index in [1.807, 2.05) is 39.8 Å². The van der Waals surface area contributed by atoms with E-state index >= 15 is 0 Å². The van der Waals surface area contributed by atoms with E-state index in [0.29, 0.717) is 13.1 Å². The van der Waals surface area contributed by atoms with Gasteiger partial charge >= 0.3 is 6.09 Å². The first kappa shape index (κ1) is 17.7. The minimum atomic E-state index is -0.459. The summed E-state index contributed by atoms with van der Waals surface area (Å²) < 4.78 is 5.44. The van der Waals surface area contributed by atoms with Gasteiger partial charge in [0.2, 0.25) is 0 Å². The number of nitrogens with two attached hydrogens (primary N) is 1. The minimum absolute atomic E-state index is 0.00507. The molecule has 2 rings (SSSR count). The van der Waals surface area contributed by atoms with Gasteiger partial charge < -0.3 is 15.4 Å². The van der Waals surface area contributed by atoms with Crippen molar-refractivity contribution in [2.24, 2.45) is 5.73 Å². The summed E-state index contributed by atoms with van der Waals surface area (Å²) in [4.78, 5) is 20.3. The number of aromatic nitrogens is 1. The van der Waals surface area contributed by atoms with E-state index in [4.69, 9.17) is 10.5 Å². The van der Waals surface area contributed by atoms with Crippen LogP contribution in [-0.2, 0) is 4.74 Å². The van der Waals surface area contributed by atoms with Crippen LogP contribution in [0.25, 0.3) is 0 Å². The first-order valence-corrected chi connectivity index (χ1v) is 8.15. The predicted octanol–water partition coefficient (Wildman–Crippen LogP) is 2.02. The van der Waals surface area contributed by atoms with Gasteiger partial charge in [-0.2, -0.15) is 0 Å². The third-order valence-electron chi connectivity index (χ3n) is 3.91. The van der Waals surface area contributed by atoms with E-state index in [0.717, 1.165) is 13.1 Å². The SMILES string of the molecule is CC(N)C(c1ccncc1)N1CCN(C(=O)OC(C)(C)C)CC1.